The first kappa shape index (κ1) is 17.7. The molecule has 7 heteroatoms. The number of pyridine rings is 1. The van der Waals surface area contributed by atoms with Gasteiger partial charge in [0.2, 0.25) is 0 Å². The maximum Gasteiger partial charge on any atom is 0.268 e. The fourth-order valence-corrected chi connectivity index (χ4v) is 4.70. The van der Waals surface area contributed by atoms with Gasteiger partial charge in [-0.15, -0.1) is 0 Å². The van der Waals surface area contributed by atoms with Crippen molar-refractivity contribution < 1.29 is 13.2 Å². The molecule has 25 heavy (non-hydrogen) atoms. The van der Waals surface area contributed by atoms with E-state index in [1.54, 1.807) is 12.4 Å². The van der Waals surface area contributed by atoms with Crippen LogP contribution in [0.2, 0.25) is 0 Å². The maximum absolute atomic E-state index is 12.8. The van der Waals surface area contributed by atoms with Crippen molar-refractivity contribution in [2.45, 2.75) is 44.6 Å². The highest BCUT2D eigenvalue weighted by atomic mass is 32.2. The fourth-order valence-electron chi connectivity index (χ4n) is 3.19. The fraction of sp³-hybridized carbons (Fsp3) is 0.444. The third-order valence-corrected chi connectivity index (χ3v) is 6.11. The first-order chi connectivity index (χ1) is 11.7. The molecule has 1 aliphatic heterocycles. The van der Waals surface area contributed by atoms with Crippen LogP contribution in [0.15, 0.2) is 35.6 Å². The Balaban J connectivity index is 1.87. The molecule has 0 saturated carbocycles. The molecular formula is C18H23N3O3S. The molecule has 0 bridgehead atoms. The largest absolute Gasteiger partial charge is 0.356 e. The summed E-state index contributed by atoms with van der Waals surface area (Å²) in [5.41, 5.74) is 1.88. The van der Waals surface area contributed by atoms with Gasteiger partial charge in [-0.1, -0.05) is 26.8 Å². The Labute approximate surface area is 148 Å². The van der Waals surface area contributed by atoms with Crippen LogP contribution in [0.25, 0.3) is 0 Å². The van der Waals surface area contributed by atoms with Crippen molar-refractivity contribution in [1.29, 1.82) is 0 Å². The second-order valence-electron chi connectivity index (χ2n) is 7.65. The normalized spacial score (nSPS) is 17.1. The molecule has 0 aromatic carbocycles. The quantitative estimate of drug-likeness (QED) is 0.876. The Morgan fingerprint density at radius 1 is 1.40 bits per heavy atom. The van der Waals surface area contributed by atoms with E-state index in [9.17, 15) is 13.2 Å². The molecule has 1 aliphatic rings. The number of H-pyrrole nitrogens is 1. The van der Waals surface area contributed by atoms with Gasteiger partial charge in [-0.3, -0.25) is 9.78 Å². The SMILES string of the molecule is CC(C)(C)CC(NC(=O)c1[nH]cc2c1CCS2(=O)=O)c1cccnc1. The van der Waals surface area contributed by atoms with Crippen LogP contribution in [0.3, 0.4) is 0 Å². The Bertz CT molecular complexity index is 880. The van der Waals surface area contributed by atoms with E-state index < -0.39 is 9.84 Å². The number of amides is 1. The summed E-state index contributed by atoms with van der Waals surface area (Å²) < 4.78 is 23.9. The van der Waals surface area contributed by atoms with Crippen molar-refractivity contribution in [3.63, 3.8) is 0 Å². The standard InChI is InChI=1S/C18H23N3O3S/c1-18(2,3)9-14(12-5-4-7-19-10-12)21-17(22)16-13-6-8-25(23,24)15(13)11-20-16/h4-5,7,10-11,14,20H,6,8-9H2,1-3H3,(H,21,22). The van der Waals surface area contributed by atoms with E-state index in [-0.39, 0.29) is 28.0 Å². The van der Waals surface area contributed by atoms with Crippen LogP contribution in [-0.4, -0.2) is 30.0 Å². The molecule has 0 saturated heterocycles. The van der Waals surface area contributed by atoms with Crippen molar-refractivity contribution in [3.8, 4) is 0 Å². The van der Waals surface area contributed by atoms with Gasteiger partial charge >= 0.3 is 0 Å². The predicted molar refractivity (Wildman–Crippen MR) is 95.1 cm³/mol. The zero-order chi connectivity index (χ0) is 18.2. The summed E-state index contributed by atoms with van der Waals surface area (Å²) in [5.74, 6) is -0.211. The van der Waals surface area contributed by atoms with E-state index in [0.29, 0.717) is 17.7 Å². The van der Waals surface area contributed by atoms with Crippen LogP contribution >= 0.6 is 0 Å². The Morgan fingerprint density at radius 2 is 2.16 bits per heavy atom. The first-order valence-electron chi connectivity index (χ1n) is 8.31. The van der Waals surface area contributed by atoms with Crippen LogP contribution in [0.1, 0.15) is 54.8 Å². The molecule has 0 spiro atoms. The summed E-state index contributed by atoms with van der Waals surface area (Å²) >= 11 is 0. The molecular weight excluding hydrogens is 338 g/mol. The number of carbonyl (C=O) groups is 1. The number of rotatable bonds is 4. The van der Waals surface area contributed by atoms with Gasteiger partial charge in [-0.25, -0.2) is 8.42 Å². The number of nitrogens with one attached hydrogen (secondary N) is 2. The minimum atomic E-state index is -3.25. The molecule has 1 amide bonds. The van der Waals surface area contributed by atoms with Gasteiger partial charge in [0.25, 0.3) is 5.91 Å². The predicted octanol–water partition coefficient (Wildman–Crippen LogP) is 2.65. The van der Waals surface area contributed by atoms with Crippen LogP contribution < -0.4 is 5.32 Å². The smallest absolute Gasteiger partial charge is 0.268 e. The molecule has 3 rings (SSSR count). The lowest BCUT2D eigenvalue weighted by Gasteiger charge is -2.27. The van der Waals surface area contributed by atoms with Crippen LogP contribution in [0.5, 0.6) is 0 Å². The topological polar surface area (TPSA) is 91.9 Å². The Kier molecular flexibility index (Phi) is 4.45. The number of fused-ring (bicyclic) bond motifs is 1. The molecule has 0 radical (unpaired) electrons. The summed E-state index contributed by atoms with van der Waals surface area (Å²) in [6.07, 6.45) is 5.99. The van der Waals surface area contributed by atoms with Crippen molar-refractivity contribution >= 4 is 15.7 Å². The molecule has 1 unspecified atom stereocenters. The third kappa shape index (κ3) is 3.76. The zero-order valence-electron chi connectivity index (χ0n) is 14.7. The lowest BCUT2D eigenvalue weighted by atomic mass is 9.85. The summed E-state index contributed by atoms with van der Waals surface area (Å²) in [6.45, 7) is 6.34. The molecule has 134 valence electrons. The van der Waals surface area contributed by atoms with Gasteiger partial charge in [-0.2, -0.15) is 0 Å². The molecule has 3 heterocycles. The van der Waals surface area contributed by atoms with Gasteiger partial charge in [0, 0.05) is 24.2 Å². The van der Waals surface area contributed by atoms with E-state index in [0.717, 1.165) is 12.0 Å². The molecule has 6 nitrogen and oxygen atoms in total. The Morgan fingerprint density at radius 3 is 2.80 bits per heavy atom. The molecule has 1 atom stereocenters. The maximum atomic E-state index is 12.8. The van der Waals surface area contributed by atoms with Gasteiger partial charge in [0.1, 0.15) is 5.69 Å². The number of hydrogen-bond acceptors (Lipinski definition) is 4. The third-order valence-electron chi connectivity index (χ3n) is 4.34. The van der Waals surface area contributed by atoms with E-state index in [2.05, 4.69) is 36.1 Å². The van der Waals surface area contributed by atoms with Crippen LogP contribution in [0, 0.1) is 5.41 Å². The summed E-state index contributed by atoms with van der Waals surface area (Å²) in [6, 6.07) is 3.58. The summed E-state index contributed by atoms with van der Waals surface area (Å²) in [4.78, 5) is 20.0. The van der Waals surface area contributed by atoms with Crippen molar-refractivity contribution in [1.82, 2.24) is 15.3 Å². The molecule has 0 fully saturated rings. The average Bonchev–Trinajstić information content (AvgIpc) is 3.08. The van der Waals surface area contributed by atoms with Crippen molar-refractivity contribution in [2.75, 3.05) is 5.75 Å². The number of sulfone groups is 1. The lowest BCUT2D eigenvalue weighted by Crippen LogP contribution is -2.32. The average molecular weight is 361 g/mol. The highest BCUT2D eigenvalue weighted by Crippen LogP contribution is 2.31. The lowest BCUT2D eigenvalue weighted by molar-refractivity contribution is 0.0921. The molecule has 2 aromatic heterocycles. The first-order valence-corrected chi connectivity index (χ1v) is 9.96. The van der Waals surface area contributed by atoms with Gasteiger partial charge < -0.3 is 10.3 Å². The van der Waals surface area contributed by atoms with Gasteiger partial charge in [0.15, 0.2) is 9.84 Å². The number of carbonyl (C=O) groups excluding carboxylic acids is 1. The van der Waals surface area contributed by atoms with Gasteiger partial charge in [-0.05, 0) is 29.9 Å². The van der Waals surface area contributed by atoms with E-state index >= 15 is 0 Å². The second kappa shape index (κ2) is 6.29. The minimum Gasteiger partial charge on any atom is -0.356 e. The second-order valence-corrected chi connectivity index (χ2v) is 9.73. The van der Waals surface area contributed by atoms with E-state index in [1.807, 2.05) is 12.1 Å². The number of aromatic nitrogens is 2. The Hall–Kier alpha value is -2.15. The van der Waals surface area contributed by atoms with Crippen LogP contribution in [-0.2, 0) is 16.3 Å². The monoisotopic (exact) mass is 361 g/mol. The summed E-state index contributed by atoms with van der Waals surface area (Å²) in [5, 5.41) is 3.04. The zero-order valence-corrected chi connectivity index (χ0v) is 15.5. The molecule has 0 aliphatic carbocycles. The number of aromatic amines is 1. The minimum absolute atomic E-state index is 0.00874. The molecule has 2 aromatic rings. The highest BCUT2D eigenvalue weighted by Gasteiger charge is 2.33. The van der Waals surface area contributed by atoms with Crippen molar-refractivity contribution in [2.24, 2.45) is 5.41 Å². The van der Waals surface area contributed by atoms with Crippen LogP contribution in [0.4, 0.5) is 0 Å². The number of hydrogen-bond donors (Lipinski definition) is 2. The van der Waals surface area contributed by atoms with Gasteiger partial charge in [0.05, 0.1) is 16.7 Å². The molecule has 2 N–H and O–H groups in total. The van der Waals surface area contributed by atoms with E-state index in [1.165, 1.54) is 6.20 Å². The summed E-state index contributed by atoms with van der Waals surface area (Å²) in [7, 11) is -3.25. The van der Waals surface area contributed by atoms with E-state index in [4.69, 9.17) is 0 Å². The number of nitrogens with zero attached hydrogens (tertiary/aromatic N) is 1. The highest BCUT2D eigenvalue weighted by molar-refractivity contribution is 7.91. The van der Waals surface area contributed by atoms with Crippen molar-refractivity contribution in [3.05, 3.63) is 47.5 Å².